The second-order valence-corrected chi connectivity index (χ2v) is 9.38. The van der Waals surface area contributed by atoms with Gasteiger partial charge in [-0.1, -0.05) is 32.9 Å². The number of nitrogens with one attached hydrogen (secondary N) is 1. The molecule has 0 saturated carbocycles. The van der Waals surface area contributed by atoms with Gasteiger partial charge in [0.2, 0.25) is 5.91 Å². The molecule has 1 aromatic rings. The number of carbonyl (C=O) groups is 1. The Balaban J connectivity index is 1.90. The highest BCUT2D eigenvalue weighted by atomic mass is 32.2. The minimum Gasteiger partial charge on any atom is -0.341 e. The number of rotatable bonds is 4. The molecule has 6 nitrogen and oxygen atoms in total. The zero-order valence-electron chi connectivity index (χ0n) is 15.6. The highest BCUT2D eigenvalue weighted by molar-refractivity contribution is 7.90. The van der Waals surface area contributed by atoms with E-state index in [2.05, 4.69) is 16.6 Å². The number of hydrogen-bond acceptors (Lipinski definition) is 4. The predicted molar refractivity (Wildman–Crippen MR) is 102 cm³/mol. The Morgan fingerprint density at radius 3 is 2.58 bits per heavy atom. The molecule has 3 rings (SSSR count). The molecule has 0 unspecified atom stereocenters. The Bertz CT molecular complexity index is 809. The first kappa shape index (κ1) is 18.9. The van der Waals surface area contributed by atoms with Crippen molar-refractivity contribution in [1.29, 1.82) is 0 Å². The predicted octanol–water partition coefficient (Wildman–Crippen LogP) is 2.40. The number of benzene rings is 1. The number of nitrogens with zero attached hydrogens (tertiary/aromatic N) is 2. The van der Waals surface area contributed by atoms with Gasteiger partial charge in [0.25, 0.3) is 10.0 Å². The van der Waals surface area contributed by atoms with Crippen molar-refractivity contribution in [2.45, 2.75) is 51.0 Å². The van der Waals surface area contributed by atoms with E-state index in [9.17, 15) is 13.2 Å². The van der Waals surface area contributed by atoms with Crippen LogP contribution in [0.5, 0.6) is 0 Å². The zero-order chi connectivity index (χ0) is 18.9. The van der Waals surface area contributed by atoms with Gasteiger partial charge in [-0.05, 0) is 43.2 Å². The number of aliphatic imine (C=N–C) groups is 1. The summed E-state index contributed by atoms with van der Waals surface area (Å²) in [6, 6.07) is 6.19. The molecule has 1 aromatic carbocycles. The van der Waals surface area contributed by atoms with Gasteiger partial charge in [-0.25, -0.2) is 8.42 Å². The maximum Gasteiger partial charge on any atom is 0.263 e. The molecule has 1 N–H and O–H groups in total. The van der Waals surface area contributed by atoms with Gasteiger partial charge in [-0.3, -0.25) is 14.5 Å². The fourth-order valence-corrected chi connectivity index (χ4v) is 4.72. The van der Waals surface area contributed by atoms with Crippen LogP contribution >= 0.6 is 0 Å². The molecule has 142 valence electrons. The van der Waals surface area contributed by atoms with Crippen LogP contribution in [0.3, 0.4) is 0 Å². The topological polar surface area (TPSA) is 78.8 Å². The van der Waals surface area contributed by atoms with Crippen LogP contribution in [0.15, 0.2) is 34.2 Å². The summed E-state index contributed by atoms with van der Waals surface area (Å²) in [4.78, 5) is 19.7. The molecular weight excluding hydrogens is 350 g/mol. The van der Waals surface area contributed by atoms with Crippen LogP contribution in [0.2, 0.25) is 0 Å². The van der Waals surface area contributed by atoms with E-state index in [4.69, 9.17) is 0 Å². The summed E-state index contributed by atoms with van der Waals surface area (Å²) in [5, 5.41) is 0. The lowest BCUT2D eigenvalue weighted by Crippen LogP contribution is -2.44. The van der Waals surface area contributed by atoms with E-state index in [1.54, 1.807) is 24.3 Å². The number of fused-ring (bicyclic) bond motifs is 1. The van der Waals surface area contributed by atoms with E-state index in [1.807, 2.05) is 18.7 Å². The first-order valence-electron chi connectivity index (χ1n) is 9.26. The molecule has 1 fully saturated rings. The average Bonchev–Trinajstić information content (AvgIpc) is 2.85. The van der Waals surface area contributed by atoms with Gasteiger partial charge >= 0.3 is 0 Å². The minimum absolute atomic E-state index is 0.00155. The number of amides is 1. The summed E-state index contributed by atoms with van der Waals surface area (Å²) < 4.78 is 27.1. The van der Waals surface area contributed by atoms with Gasteiger partial charge < -0.3 is 4.90 Å². The molecule has 1 saturated heterocycles. The highest BCUT2D eigenvalue weighted by Gasteiger charge is 2.33. The third kappa shape index (κ3) is 3.92. The Hall–Kier alpha value is -1.89. The standard InChI is InChI=1S/C19H27N3O3S/c1-13(2)12-16(19(23)22-10-8-14(3)9-11-22)20-18-15-6-4-5-7-17(15)26(24,25)21-18/h4-7,13-14,16H,8-12H2,1-3H3,(H,20,21)/t16-/m1/s1. The summed E-state index contributed by atoms with van der Waals surface area (Å²) in [7, 11) is -3.59. The summed E-state index contributed by atoms with van der Waals surface area (Å²) in [6.07, 6.45) is 2.61. The molecule has 2 heterocycles. The molecule has 0 bridgehead atoms. The number of sulfonamides is 1. The van der Waals surface area contributed by atoms with Gasteiger partial charge in [-0.15, -0.1) is 0 Å². The molecule has 2 aliphatic rings. The average molecular weight is 378 g/mol. The van der Waals surface area contributed by atoms with Crippen LogP contribution in [0, 0.1) is 11.8 Å². The van der Waals surface area contributed by atoms with Gasteiger partial charge in [0, 0.05) is 18.7 Å². The molecule has 2 aliphatic heterocycles. The maximum atomic E-state index is 13.0. The van der Waals surface area contributed by atoms with E-state index in [1.165, 1.54) is 0 Å². The lowest BCUT2D eigenvalue weighted by atomic mass is 9.97. The van der Waals surface area contributed by atoms with Crippen molar-refractivity contribution in [3.63, 3.8) is 0 Å². The van der Waals surface area contributed by atoms with E-state index < -0.39 is 16.1 Å². The molecule has 1 amide bonds. The van der Waals surface area contributed by atoms with Crippen molar-refractivity contribution in [1.82, 2.24) is 9.62 Å². The number of amidine groups is 1. The Morgan fingerprint density at radius 1 is 1.27 bits per heavy atom. The fraction of sp³-hybridized carbons (Fsp3) is 0.579. The second kappa shape index (κ2) is 7.39. The zero-order valence-corrected chi connectivity index (χ0v) is 16.4. The molecule has 0 spiro atoms. The molecule has 0 radical (unpaired) electrons. The number of piperidine rings is 1. The first-order valence-corrected chi connectivity index (χ1v) is 10.7. The molecule has 7 heteroatoms. The maximum absolute atomic E-state index is 13.0. The summed E-state index contributed by atoms with van der Waals surface area (Å²) in [5.74, 6) is 1.21. The minimum atomic E-state index is -3.59. The van der Waals surface area contributed by atoms with Crippen molar-refractivity contribution in [3.8, 4) is 0 Å². The summed E-state index contributed by atoms with van der Waals surface area (Å²) >= 11 is 0. The van der Waals surface area contributed by atoms with Crippen LogP contribution in [0.1, 0.15) is 45.6 Å². The second-order valence-electron chi connectivity index (χ2n) is 7.73. The smallest absolute Gasteiger partial charge is 0.263 e. The molecule has 26 heavy (non-hydrogen) atoms. The third-order valence-electron chi connectivity index (χ3n) is 5.02. The van der Waals surface area contributed by atoms with Crippen molar-refractivity contribution in [2.75, 3.05) is 13.1 Å². The van der Waals surface area contributed by atoms with E-state index in [0.29, 0.717) is 17.9 Å². The van der Waals surface area contributed by atoms with E-state index in [-0.39, 0.29) is 22.6 Å². The van der Waals surface area contributed by atoms with Crippen LogP contribution < -0.4 is 4.72 Å². The van der Waals surface area contributed by atoms with Crippen LogP contribution in [-0.2, 0) is 14.8 Å². The van der Waals surface area contributed by atoms with Crippen molar-refractivity contribution in [3.05, 3.63) is 29.8 Å². The lowest BCUT2D eigenvalue weighted by Gasteiger charge is -2.32. The van der Waals surface area contributed by atoms with Crippen molar-refractivity contribution >= 4 is 21.8 Å². The highest BCUT2D eigenvalue weighted by Crippen LogP contribution is 2.24. The Morgan fingerprint density at radius 2 is 1.92 bits per heavy atom. The van der Waals surface area contributed by atoms with Crippen LogP contribution in [-0.4, -0.2) is 44.2 Å². The monoisotopic (exact) mass is 377 g/mol. The van der Waals surface area contributed by atoms with Gasteiger partial charge in [-0.2, -0.15) is 0 Å². The van der Waals surface area contributed by atoms with Crippen LogP contribution in [0.25, 0.3) is 0 Å². The number of carbonyl (C=O) groups excluding carboxylic acids is 1. The largest absolute Gasteiger partial charge is 0.341 e. The normalized spacial score (nSPS) is 22.3. The quantitative estimate of drug-likeness (QED) is 0.875. The van der Waals surface area contributed by atoms with Gasteiger partial charge in [0.1, 0.15) is 11.9 Å². The van der Waals surface area contributed by atoms with E-state index >= 15 is 0 Å². The Labute approximate surface area is 155 Å². The van der Waals surface area contributed by atoms with Crippen LogP contribution in [0.4, 0.5) is 0 Å². The fourth-order valence-electron chi connectivity index (χ4n) is 3.48. The summed E-state index contributed by atoms with van der Waals surface area (Å²) in [5.41, 5.74) is 0.543. The van der Waals surface area contributed by atoms with Gasteiger partial charge in [0.05, 0.1) is 4.90 Å². The molecule has 1 atom stereocenters. The molecule has 0 aromatic heterocycles. The molecule has 0 aliphatic carbocycles. The lowest BCUT2D eigenvalue weighted by molar-refractivity contribution is -0.134. The summed E-state index contributed by atoms with van der Waals surface area (Å²) in [6.45, 7) is 7.80. The number of hydrogen-bond donors (Lipinski definition) is 1. The van der Waals surface area contributed by atoms with Crippen molar-refractivity contribution < 1.29 is 13.2 Å². The first-order chi connectivity index (χ1) is 12.3. The number of likely N-dealkylation sites (tertiary alicyclic amines) is 1. The third-order valence-corrected chi connectivity index (χ3v) is 6.42. The molecular formula is C19H27N3O3S. The van der Waals surface area contributed by atoms with Gasteiger partial charge in [0.15, 0.2) is 0 Å². The van der Waals surface area contributed by atoms with Crippen molar-refractivity contribution in [2.24, 2.45) is 16.8 Å². The Kier molecular flexibility index (Phi) is 5.37. The van der Waals surface area contributed by atoms with E-state index in [0.717, 1.165) is 25.9 Å². The SMILES string of the molecule is CC(C)C[C@@H](N=C1NS(=O)(=O)c2ccccc21)C(=O)N1CCC(C)CC1.